The molecule has 84 valence electrons. The van der Waals surface area contributed by atoms with Gasteiger partial charge in [-0.25, -0.2) is 0 Å². The van der Waals surface area contributed by atoms with Crippen LogP contribution < -0.4 is 10.5 Å². The topological polar surface area (TPSA) is 75.7 Å². The highest BCUT2D eigenvalue weighted by Gasteiger charge is 2.08. The molecule has 1 rings (SSSR count). The van der Waals surface area contributed by atoms with E-state index in [1.807, 2.05) is 13.8 Å². The van der Waals surface area contributed by atoms with Gasteiger partial charge in [0, 0.05) is 18.7 Å². The zero-order valence-electron chi connectivity index (χ0n) is 9.03. The summed E-state index contributed by atoms with van der Waals surface area (Å²) in [5.74, 6) is 0.600. The van der Waals surface area contributed by atoms with Gasteiger partial charge >= 0.3 is 0 Å². The Balaban J connectivity index is 2.81. The lowest BCUT2D eigenvalue weighted by Gasteiger charge is -2.15. The average molecular weight is 211 g/mol. The number of anilines is 1. The van der Waals surface area contributed by atoms with Gasteiger partial charge in [-0.1, -0.05) is 0 Å². The molecule has 0 aliphatic rings. The summed E-state index contributed by atoms with van der Waals surface area (Å²) >= 11 is 0. The first kappa shape index (κ1) is 11.8. The van der Waals surface area contributed by atoms with E-state index >= 15 is 0 Å². The fraction of sp³-hybridized carbons (Fsp3) is 0.455. The molecular formula is C11H17NO3. The summed E-state index contributed by atoms with van der Waals surface area (Å²) < 4.78 is 5.26. The highest BCUT2D eigenvalue weighted by atomic mass is 16.6. The van der Waals surface area contributed by atoms with Gasteiger partial charge < -0.3 is 20.7 Å². The van der Waals surface area contributed by atoms with E-state index in [-0.39, 0.29) is 13.0 Å². The van der Waals surface area contributed by atoms with Crippen LogP contribution >= 0.6 is 0 Å². The van der Waals surface area contributed by atoms with Crippen LogP contribution in [0.2, 0.25) is 0 Å². The molecule has 0 saturated carbocycles. The molecule has 0 heterocycles. The van der Waals surface area contributed by atoms with Crippen molar-refractivity contribution in [3.63, 3.8) is 0 Å². The van der Waals surface area contributed by atoms with Crippen molar-refractivity contribution in [2.24, 2.45) is 0 Å². The second-order valence-electron chi connectivity index (χ2n) is 3.56. The first-order valence-electron chi connectivity index (χ1n) is 4.87. The summed E-state index contributed by atoms with van der Waals surface area (Å²) in [4.78, 5) is 0. The molecule has 4 heteroatoms. The third-order valence-corrected chi connectivity index (χ3v) is 2.20. The van der Waals surface area contributed by atoms with Crippen LogP contribution in [0, 0.1) is 13.8 Å². The van der Waals surface area contributed by atoms with Crippen LogP contribution in [0.5, 0.6) is 5.75 Å². The van der Waals surface area contributed by atoms with E-state index in [2.05, 4.69) is 0 Å². The molecule has 0 saturated heterocycles. The summed E-state index contributed by atoms with van der Waals surface area (Å²) in [6.45, 7) is 3.63. The zero-order valence-corrected chi connectivity index (χ0v) is 9.03. The number of nitrogens with two attached hydrogens (primary N) is 1. The molecule has 15 heavy (non-hydrogen) atoms. The fourth-order valence-corrected chi connectivity index (χ4v) is 1.25. The molecule has 0 aliphatic heterocycles. The van der Waals surface area contributed by atoms with Gasteiger partial charge in [-0.05, 0) is 37.1 Å². The van der Waals surface area contributed by atoms with Crippen LogP contribution in [-0.2, 0) is 0 Å². The van der Waals surface area contributed by atoms with Crippen LogP contribution in [0.4, 0.5) is 5.69 Å². The van der Waals surface area contributed by atoms with Crippen molar-refractivity contribution < 1.29 is 14.9 Å². The van der Waals surface area contributed by atoms with Gasteiger partial charge in [-0.2, -0.15) is 0 Å². The van der Waals surface area contributed by atoms with Gasteiger partial charge in [0.25, 0.3) is 0 Å². The van der Waals surface area contributed by atoms with Gasteiger partial charge in [0.15, 0.2) is 6.29 Å². The van der Waals surface area contributed by atoms with Crippen molar-refractivity contribution in [1.82, 2.24) is 0 Å². The van der Waals surface area contributed by atoms with E-state index in [0.717, 1.165) is 11.1 Å². The molecule has 0 aliphatic carbocycles. The van der Waals surface area contributed by atoms with Crippen LogP contribution in [-0.4, -0.2) is 23.1 Å². The van der Waals surface area contributed by atoms with Crippen LogP contribution in [0.25, 0.3) is 0 Å². The quantitative estimate of drug-likeness (QED) is 0.512. The molecule has 1 aromatic rings. The van der Waals surface area contributed by atoms with Crippen LogP contribution in [0.15, 0.2) is 12.1 Å². The number of aryl methyl sites for hydroxylation is 2. The summed E-state index contributed by atoms with van der Waals surface area (Å²) in [5, 5.41) is 18.0. The predicted octanol–water partition coefficient (Wildman–Crippen LogP) is 0.965. The molecule has 0 fully saturated rings. The maximum Gasteiger partial charge on any atom is 0.199 e. The minimum absolute atomic E-state index is 0.103. The van der Waals surface area contributed by atoms with Crippen molar-refractivity contribution in [3.8, 4) is 5.75 Å². The summed E-state index contributed by atoms with van der Waals surface area (Å²) in [5.41, 5.74) is 8.21. The van der Waals surface area contributed by atoms with E-state index in [1.165, 1.54) is 0 Å². The van der Waals surface area contributed by atoms with Gasteiger partial charge in [0.05, 0.1) is 0 Å². The van der Waals surface area contributed by atoms with Gasteiger partial charge in [-0.15, -0.1) is 0 Å². The number of hydrogen-bond donors (Lipinski definition) is 3. The number of aliphatic hydroxyl groups is 2. The predicted molar refractivity (Wildman–Crippen MR) is 58.7 cm³/mol. The SMILES string of the molecule is Cc1cc(OC(O)CCO)c(C)cc1N. The van der Waals surface area contributed by atoms with E-state index in [0.29, 0.717) is 11.4 Å². The van der Waals surface area contributed by atoms with Crippen molar-refractivity contribution in [1.29, 1.82) is 0 Å². The Morgan fingerprint density at radius 2 is 2.00 bits per heavy atom. The lowest BCUT2D eigenvalue weighted by molar-refractivity contribution is -0.0331. The Morgan fingerprint density at radius 3 is 2.60 bits per heavy atom. The van der Waals surface area contributed by atoms with Crippen molar-refractivity contribution in [2.45, 2.75) is 26.6 Å². The normalized spacial score (nSPS) is 12.5. The molecule has 1 aromatic carbocycles. The van der Waals surface area contributed by atoms with E-state index < -0.39 is 6.29 Å². The highest BCUT2D eigenvalue weighted by Crippen LogP contribution is 2.25. The van der Waals surface area contributed by atoms with E-state index in [4.69, 9.17) is 15.6 Å². The number of benzene rings is 1. The molecular weight excluding hydrogens is 194 g/mol. The first-order valence-corrected chi connectivity index (χ1v) is 4.87. The second-order valence-corrected chi connectivity index (χ2v) is 3.56. The Hall–Kier alpha value is -1.26. The van der Waals surface area contributed by atoms with Gasteiger partial charge in [0.2, 0.25) is 0 Å². The molecule has 0 bridgehead atoms. The van der Waals surface area contributed by atoms with E-state index in [9.17, 15) is 5.11 Å². The molecule has 4 nitrogen and oxygen atoms in total. The summed E-state index contributed by atoms with van der Waals surface area (Å²) in [7, 11) is 0. The molecule has 0 aromatic heterocycles. The Kier molecular flexibility index (Phi) is 3.94. The summed E-state index contributed by atoms with van der Waals surface area (Å²) in [6.07, 6.45) is -0.778. The standard InChI is InChI=1S/C11H17NO3/c1-7-6-10(8(2)5-9(7)12)15-11(14)3-4-13/h5-6,11,13-14H,3-4,12H2,1-2H3. The molecule has 0 radical (unpaired) electrons. The lowest BCUT2D eigenvalue weighted by atomic mass is 10.1. The van der Waals surface area contributed by atoms with Crippen LogP contribution in [0.1, 0.15) is 17.5 Å². The maximum absolute atomic E-state index is 9.37. The Morgan fingerprint density at radius 1 is 1.33 bits per heavy atom. The molecule has 0 amide bonds. The van der Waals surface area contributed by atoms with Crippen LogP contribution in [0.3, 0.4) is 0 Å². The van der Waals surface area contributed by atoms with Gasteiger partial charge in [0.1, 0.15) is 5.75 Å². The first-order chi connectivity index (χ1) is 7.04. The molecule has 1 atom stereocenters. The zero-order chi connectivity index (χ0) is 11.4. The largest absolute Gasteiger partial charge is 0.465 e. The number of ether oxygens (including phenoxy) is 1. The van der Waals surface area contributed by atoms with Crippen molar-refractivity contribution >= 4 is 5.69 Å². The Labute approximate surface area is 89.3 Å². The number of nitrogen functional groups attached to an aromatic ring is 1. The average Bonchev–Trinajstić information content (AvgIpc) is 2.14. The molecule has 1 unspecified atom stereocenters. The summed E-state index contributed by atoms with van der Waals surface area (Å²) in [6, 6.07) is 3.58. The monoisotopic (exact) mass is 211 g/mol. The molecule has 0 spiro atoms. The lowest BCUT2D eigenvalue weighted by Crippen LogP contribution is -2.17. The van der Waals surface area contributed by atoms with E-state index in [1.54, 1.807) is 12.1 Å². The van der Waals surface area contributed by atoms with Crippen molar-refractivity contribution in [2.75, 3.05) is 12.3 Å². The van der Waals surface area contributed by atoms with Gasteiger partial charge in [-0.3, -0.25) is 0 Å². The maximum atomic E-state index is 9.37. The second kappa shape index (κ2) is 5.00. The third-order valence-electron chi connectivity index (χ3n) is 2.20. The minimum Gasteiger partial charge on any atom is -0.465 e. The number of aliphatic hydroxyl groups excluding tert-OH is 2. The Bertz CT molecular complexity index is 339. The third kappa shape index (κ3) is 3.11. The van der Waals surface area contributed by atoms with Crippen molar-refractivity contribution in [3.05, 3.63) is 23.3 Å². The molecule has 4 N–H and O–H groups in total. The fourth-order valence-electron chi connectivity index (χ4n) is 1.25. The number of rotatable bonds is 4. The number of hydrogen-bond acceptors (Lipinski definition) is 4. The smallest absolute Gasteiger partial charge is 0.199 e. The minimum atomic E-state index is -0.975. The highest BCUT2D eigenvalue weighted by molar-refractivity contribution is 5.53.